The van der Waals surface area contributed by atoms with Crippen molar-refractivity contribution in [2.75, 3.05) is 0 Å². The third-order valence-corrected chi connectivity index (χ3v) is 3.90. The van der Waals surface area contributed by atoms with Gasteiger partial charge in [0.1, 0.15) is 0 Å². The highest BCUT2D eigenvalue weighted by molar-refractivity contribution is 7.86. The van der Waals surface area contributed by atoms with Gasteiger partial charge in [-0.25, -0.2) is 0 Å². The lowest BCUT2D eigenvalue weighted by Crippen LogP contribution is -2.22. The van der Waals surface area contributed by atoms with E-state index in [0.29, 0.717) is 0 Å². The van der Waals surface area contributed by atoms with Crippen LogP contribution in [0.3, 0.4) is 0 Å². The predicted molar refractivity (Wildman–Crippen MR) is 67.3 cm³/mol. The minimum atomic E-state index is -0.965. The first kappa shape index (κ1) is 12.2. The molecular weight excluding hydrogens is 204 g/mol. The van der Waals surface area contributed by atoms with Crippen molar-refractivity contribution in [3.8, 4) is 0 Å². The molecule has 82 valence electrons. The molecule has 0 aliphatic heterocycles. The molecule has 0 saturated heterocycles. The minimum absolute atomic E-state index is 0.211. The average molecular weight is 222 g/mol. The Morgan fingerprint density at radius 2 is 1.80 bits per heavy atom. The smallest absolute Gasteiger partial charge is 0.0589 e. The van der Waals surface area contributed by atoms with Crippen LogP contribution in [0.15, 0.2) is 35.2 Å². The van der Waals surface area contributed by atoms with Crippen LogP contribution in [0.25, 0.3) is 6.08 Å². The van der Waals surface area contributed by atoms with Gasteiger partial charge >= 0.3 is 0 Å². The van der Waals surface area contributed by atoms with Crippen LogP contribution < -0.4 is 0 Å². The van der Waals surface area contributed by atoms with Crippen LogP contribution in [0.4, 0.5) is 0 Å². The fourth-order valence-corrected chi connectivity index (χ4v) is 2.51. The average Bonchev–Trinajstić information content (AvgIpc) is 2.17. The first-order chi connectivity index (χ1) is 6.96. The normalized spacial score (nSPS) is 14.4. The van der Waals surface area contributed by atoms with Crippen molar-refractivity contribution in [3.63, 3.8) is 0 Å². The number of hydrogen-bond acceptors (Lipinski definition) is 1. The molecule has 1 rings (SSSR count). The fraction of sp³-hybridized carbons (Fsp3) is 0.385. The Balaban J connectivity index is 3.20. The van der Waals surface area contributed by atoms with Gasteiger partial charge in [0.05, 0.1) is 10.8 Å². The summed E-state index contributed by atoms with van der Waals surface area (Å²) in [5.41, 5.74) is 1.05. The Bertz CT molecular complexity index is 386. The van der Waals surface area contributed by atoms with E-state index in [0.717, 1.165) is 10.5 Å². The summed E-state index contributed by atoms with van der Waals surface area (Å²) in [6, 6.07) is 7.85. The van der Waals surface area contributed by atoms with Crippen molar-refractivity contribution in [3.05, 3.63) is 35.9 Å². The van der Waals surface area contributed by atoms with E-state index < -0.39 is 10.8 Å². The van der Waals surface area contributed by atoms with Crippen molar-refractivity contribution in [1.29, 1.82) is 0 Å². The monoisotopic (exact) mass is 222 g/mol. The molecule has 1 aromatic carbocycles. The van der Waals surface area contributed by atoms with Gasteiger partial charge in [-0.15, -0.1) is 0 Å². The van der Waals surface area contributed by atoms with E-state index in [9.17, 15) is 4.21 Å². The van der Waals surface area contributed by atoms with Crippen molar-refractivity contribution >= 4 is 16.9 Å². The van der Waals surface area contributed by atoms with Crippen molar-refractivity contribution in [2.45, 2.75) is 37.3 Å². The van der Waals surface area contributed by atoms with Crippen molar-refractivity contribution in [2.24, 2.45) is 0 Å². The molecule has 0 bridgehead atoms. The summed E-state index contributed by atoms with van der Waals surface area (Å²) in [5.74, 6) is 0. The lowest BCUT2D eigenvalue weighted by Gasteiger charge is -2.19. The Labute approximate surface area is 94.7 Å². The zero-order valence-electron chi connectivity index (χ0n) is 9.78. The quantitative estimate of drug-likeness (QED) is 0.747. The Morgan fingerprint density at radius 1 is 1.20 bits per heavy atom. The van der Waals surface area contributed by atoms with Crippen LogP contribution in [-0.4, -0.2) is 8.96 Å². The molecule has 1 unspecified atom stereocenters. The maximum Gasteiger partial charge on any atom is 0.0589 e. The van der Waals surface area contributed by atoms with E-state index in [-0.39, 0.29) is 4.75 Å². The molecule has 0 heterocycles. The topological polar surface area (TPSA) is 17.1 Å². The number of allylic oxidation sites excluding steroid dienone is 1. The van der Waals surface area contributed by atoms with E-state index >= 15 is 0 Å². The molecule has 0 radical (unpaired) electrons. The van der Waals surface area contributed by atoms with Crippen molar-refractivity contribution in [1.82, 2.24) is 0 Å². The molecule has 0 N–H and O–H groups in total. The van der Waals surface area contributed by atoms with Crippen LogP contribution in [0.2, 0.25) is 0 Å². The van der Waals surface area contributed by atoms with E-state index in [1.54, 1.807) is 0 Å². The van der Waals surface area contributed by atoms with Crippen LogP contribution in [0, 0.1) is 0 Å². The molecular formula is C13H18OS. The molecule has 1 nitrogen and oxygen atoms in total. The zero-order valence-corrected chi connectivity index (χ0v) is 10.6. The van der Waals surface area contributed by atoms with Gasteiger partial charge in [0, 0.05) is 9.64 Å². The third-order valence-electron chi connectivity index (χ3n) is 2.02. The third kappa shape index (κ3) is 3.03. The summed E-state index contributed by atoms with van der Waals surface area (Å²) >= 11 is 0. The first-order valence-electron chi connectivity index (χ1n) is 5.10. The van der Waals surface area contributed by atoms with Gasteiger partial charge in [0.15, 0.2) is 0 Å². The number of hydrogen-bond donors (Lipinski definition) is 0. The van der Waals surface area contributed by atoms with Gasteiger partial charge in [0.2, 0.25) is 0 Å². The molecule has 0 fully saturated rings. The molecule has 15 heavy (non-hydrogen) atoms. The Kier molecular flexibility index (Phi) is 3.86. The maximum absolute atomic E-state index is 12.2. The molecule has 0 saturated carbocycles. The molecule has 0 aromatic heterocycles. The molecule has 2 heteroatoms. The SMILES string of the molecule is C/C=C/c1ccccc1S(=O)C(C)(C)C. The standard InChI is InChI=1S/C13H18OS/c1-5-8-11-9-6-7-10-12(11)15(14)13(2,3)4/h5-10H,1-4H3/b8-5+. The largest absolute Gasteiger partial charge is 0.254 e. The highest BCUT2D eigenvalue weighted by atomic mass is 32.2. The van der Waals surface area contributed by atoms with Crippen LogP contribution in [-0.2, 0) is 10.8 Å². The van der Waals surface area contributed by atoms with Gasteiger partial charge in [0.25, 0.3) is 0 Å². The molecule has 1 atom stereocenters. The minimum Gasteiger partial charge on any atom is -0.254 e. The fourth-order valence-electron chi connectivity index (χ4n) is 1.30. The zero-order chi connectivity index (χ0) is 11.5. The summed E-state index contributed by atoms with van der Waals surface area (Å²) in [5, 5.41) is 0. The van der Waals surface area contributed by atoms with Gasteiger partial charge < -0.3 is 0 Å². The highest BCUT2D eigenvalue weighted by Crippen LogP contribution is 2.24. The summed E-state index contributed by atoms with van der Waals surface area (Å²) in [6.07, 6.45) is 3.97. The van der Waals surface area contributed by atoms with Crippen molar-refractivity contribution < 1.29 is 4.21 Å². The van der Waals surface area contributed by atoms with E-state index in [1.165, 1.54) is 0 Å². The summed E-state index contributed by atoms with van der Waals surface area (Å²) in [6.45, 7) is 7.96. The van der Waals surface area contributed by atoms with E-state index in [4.69, 9.17) is 0 Å². The lowest BCUT2D eigenvalue weighted by atomic mass is 10.2. The number of rotatable bonds is 2. The summed E-state index contributed by atoms with van der Waals surface area (Å²) in [4.78, 5) is 0.920. The van der Waals surface area contributed by atoms with E-state index in [1.807, 2.05) is 64.1 Å². The molecule has 0 amide bonds. The van der Waals surface area contributed by atoms with Gasteiger partial charge in [-0.05, 0) is 39.3 Å². The van der Waals surface area contributed by atoms with E-state index in [2.05, 4.69) is 0 Å². The predicted octanol–water partition coefficient (Wildman–Crippen LogP) is 3.63. The lowest BCUT2D eigenvalue weighted by molar-refractivity contribution is 0.649. The van der Waals surface area contributed by atoms with Crippen LogP contribution in [0.5, 0.6) is 0 Å². The summed E-state index contributed by atoms with van der Waals surface area (Å²) in [7, 11) is -0.965. The molecule has 0 spiro atoms. The number of benzene rings is 1. The van der Waals surface area contributed by atoms with Gasteiger partial charge in [-0.3, -0.25) is 4.21 Å². The maximum atomic E-state index is 12.2. The van der Waals surface area contributed by atoms with Crippen LogP contribution >= 0.6 is 0 Å². The summed E-state index contributed by atoms with van der Waals surface area (Å²) < 4.78 is 12.0. The second-order valence-electron chi connectivity index (χ2n) is 4.42. The van der Waals surface area contributed by atoms with Crippen LogP contribution in [0.1, 0.15) is 33.3 Å². The second-order valence-corrected chi connectivity index (χ2v) is 6.62. The molecule has 1 aromatic rings. The van der Waals surface area contributed by atoms with Gasteiger partial charge in [-0.1, -0.05) is 30.4 Å². The van der Waals surface area contributed by atoms with Gasteiger partial charge in [-0.2, -0.15) is 0 Å². The highest BCUT2D eigenvalue weighted by Gasteiger charge is 2.22. The Morgan fingerprint density at radius 3 is 2.33 bits per heavy atom. The molecule has 0 aliphatic carbocycles. The second kappa shape index (κ2) is 4.75. The first-order valence-corrected chi connectivity index (χ1v) is 6.25. The Hall–Kier alpha value is -0.890. The molecule has 0 aliphatic rings.